The van der Waals surface area contributed by atoms with E-state index in [0.717, 1.165) is 19.3 Å². The Bertz CT molecular complexity index is 813. The topological polar surface area (TPSA) is 76.7 Å². The number of carbonyl (C=O) groups is 2. The highest BCUT2D eigenvalue weighted by molar-refractivity contribution is 7.18. The van der Waals surface area contributed by atoms with Crippen LogP contribution in [0.15, 0.2) is 30.3 Å². The van der Waals surface area contributed by atoms with Crippen molar-refractivity contribution in [1.82, 2.24) is 0 Å². The van der Waals surface area contributed by atoms with E-state index in [9.17, 15) is 9.59 Å². The second-order valence-corrected chi connectivity index (χ2v) is 7.18. The standard InChI is InChI=1S/C18H18N2O4S/c21-17(11-2-3-11)20-16-7-6-15(25-16)18(22)19-12-4-5-13-14(10-12)24-9-1-8-23-13/h4-7,10-11H,1-3,8-9H2,(H,19,22)(H,20,21). The number of amides is 2. The van der Waals surface area contributed by atoms with Crippen LogP contribution < -0.4 is 20.1 Å². The minimum Gasteiger partial charge on any atom is -0.490 e. The van der Waals surface area contributed by atoms with Crippen molar-refractivity contribution in [2.24, 2.45) is 5.92 Å². The Morgan fingerprint density at radius 2 is 1.80 bits per heavy atom. The lowest BCUT2D eigenvalue weighted by molar-refractivity contribution is -0.117. The van der Waals surface area contributed by atoms with Crippen LogP contribution in [0.25, 0.3) is 0 Å². The van der Waals surface area contributed by atoms with Gasteiger partial charge < -0.3 is 20.1 Å². The van der Waals surface area contributed by atoms with Gasteiger partial charge in [0, 0.05) is 24.1 Å². The zero-order chi connectivity index (χ0) is 17.2. The van der Waals surface area contributed by atoms with Crippen LogP contribution in [0.3, 0.4) is 0 Å². The third-order valence-electron chi connectivity index (χ3n) is 4.03. The summed E-state index contributed by atoms with van der Waals surface area (Å²) in [7, 11) is 0. The fourth-order valence-electron chi connectivity index (χ4n) is 2.53. The van der Waals surface area contributed by atoms with E-state index in [-0.39, 0.29) is 17.7 Å². The van der Waals surface area contributed by atoms with Crippen LogP contribution in [-0.4, -0.2) is 25.0 Å². The molecule has 2 aromatic rings. The fourth-order valence-corrected chi connectivity index (χ4v) is 3.33. The summed E-state index contributed by atoms with van der Waals surface area (Å²) in [6.45, 7) is 1.22. The number of nitrogens with one attached hydrogen (secondary N) is 2. The molecule has 2 N–H and O–H groups in total. The van der Waals surface area contributed by atoms with Gasteiger partial charge in [-0.15, -0.1) is 11.3 Å². The lowest BCUT2D eigenvalue weighted by Gasteiger charge is -2.10. The molecule has 0 spiro atoms. The van der Waals surface area contributed by atoms with E-state index in [4.69, 9.17) is 9.47 Å². The summed E-state index contributed by atoms with van der Waals surface area (Å²) in [5.74, 6) is 1.29. The molecule has 2 aliphatic rings. The van der Waals surface area contributed by atoms with Gasteiger partial charge >= 0.3 is 0 Å². The molecule has 2 amide bonds. The Morgan fingerprint density at radius 1 is 1.00 bits per heavy atom. The van der Waals surface area contributed by atoms with Crippen LogP contribution in [0.4, 0.5) is 10.7 Å². The van der Waals surface area contributed by atoms with Gasteiger partial charge in [0.2, 0.25) is 5.91 Å². The average molecular weight is 358 g/mol. The molecule has 4 rings (SSSR count). The molecule has 1 aliphatic carbocycles. The molecule has 0 radical (unpaired) electrons. The van der Waals surface area contributed by atoms with Gasteiger partial charge in [0.25, 0.3) is 5.91 Å². The van der Waals surface area contributed by atoms with Crippen LogP contribution in [0.5, 0.6) is 11.5 Å². The van der Waals surface area contributed by atoms with Gasteiger partial charge in [-0.3, -0.25) is 9.59 Å². The van der Waals surface area contributed by atoms with Crippen molar-refractivity contribution in [3.63, 3.8) is 0 Å². The van der Waals surface area contributed by atoms with Gasteiger partial charge in [-0.1, -0.05) is 0 Å². The second kappa shape index (κ2) is 6.76. The normalized spacial score (nSPS) is 16.0. The quantitative estimate of drug-likeness (QED) is 0.877. The number of rotatable bonds is 4. The van der Waals surface area contributed by atoms with Crippen molar-refractivity contribution in [3.8, 4) is 11.5 Å². The SMILES string of the molecule is O=C(Nc1ccc2c(c1)OCCCO2)c1ccc(NC(=O)C2CC2)s1. The molecule has 2 heterocycles. The summed E-state index contributed by atoms with van der Waals surface area (Å²) in [5.41, 5.74) is 0.645. The summed E-state index contributed by atoms with van der Waals surface area (Å²) in [4.78, 5) is 24.7. The van der Waals surface area contributed by atoms with Gasteiger partial charge in [-0.05, 0) is 37.1 Å². The minimum atomic E-state index is -0.216. The lowest BCUT2D eigenvalue weighted by atomic mass is 10.2. The number of fused-ring (bicyclic) bond motifs is 1. The fraction of sp³-hybridized carbons (Fsp3) is 0.333. The van der Waals surface area contributed by atoms with Gasteiger partial charge in [-0.25, -0.2) is 0 Å². The molecule has 0 atom stereocenters. The minimum absolute atomic E-state index is 0.0386. The van der Waals surface area contributed by atoms with E-state index in [1.165, 1.54) is 11.3 Å². The maximum absolute atomic E-state index is 12.4. The third-order valence-corrected chi connectivity index (χ3v) is 5.03. The van der Waals surface area contributed by atoms with Crippen molar-refractivity contribution in [3.05, 3.63) is 35.2 Å². The molecule has 0 saturated heterocycles. The Kier molecular flexibility index (Phi) is 4.31. The summed E-state index contributed by atoms with van der Waals surface area (Å²) in [6.07, 6.45) is 2.74. The highest BCUT2D eigenvalue weighted by atomic mass is 32.1. The molecule has 1 aliphatic heterocycles. The van der Waals surface area contributed by atoms with E-state index >= 15 is 0 Å². The predicted molar refractivity (Wildman–Crippen MR) is 95.7 cm³/mol. The summed E-state index contributed by atoms with van der Waals surface area (Å²) in [6, 6.07) is 8.82. The molecule has 0 bridgehead atoms. The van der Waals surface area contributed by atoms with Gasteiger partial charge in [0.15, 0.2) is 11.5 Å². The third kappa shape index (κ3) is 3.76. The number of hydrogen-bond acceptors (Lipinski definition) is 5. The largest absolute Gasteiger partial charge is 0.490 e. The number of carbonyl (C=O) groups excluding carboxylic acids is 2. The molecule has 6 nitrogen and oxygen atoms in total. The summed E-state index contributed by atoms with van der Waals surface area (Å²) < 4.78 is 11.2. The molecule has 130 valence electrons. The van der Waals surface area contributed by atoms with Gasteiger partial charge in [0.1, 0.15) is 0 Å². The number of benzene rings is 1. The number of thiophene rings is 1. The van der Waals surface area contributed by atoms with E-state index in [2.05, 4.69) is 10.6 Å². The molecule has 1 fully saturated rings. The number of anilines is 2. The lowest BCUT2D eigenvalue weighted by Crippen LogP contribution is -2.12. The Hall–Kier alpha value is -2.54. The van der Waals surface area contributed by atoms with Crippen LogP contribution in [0.2, 0.25) is 0 Å². The first-order chi connectivity index (χ1) is 12.2. The molecule has 1 aromatic carbocycles. The predicted octanol–water partition coefficient (Wildman–Crippen LogP) is 3.51. The Balaban J connectivity index is 1.42. The van der Waals surface area contributed by atoms with E-state index in [0.29, 0.717) is 40.3 Å². The van der Waals surface area contributed by atoms with Crippen molar-refractivity contribution in [2.45, 2.75) is 19.3 Å². The molecular weight excluding hydrogens is 340 g/mol. The van der Waals surface area contributed by atoms with E-state index < -0.39 is 0 Å². The first-order valence-corrected chi connectivity index (χ1v) is 9.12. The van der Waals surface area contributed by atoms with Crippen LogP contribution >= 0.6 is 11.3 Å². The smallest absolute Gasteiger partial charge is 0.265 e. The summed E-state index contributed by atoms with van der Waals surface area (Å²) >= 11 is 1.27. The molecule has 0 unspecified atom stereocenters. The van der Waals surface area contributed by atoms with Crippen LogP contribution in [0.1, 0.15) is 28.9 Å². The number of ether oxygens (including phenoxy) is 2. The first-order valence-electron chi connectivity index (χ1n) is 8.31. The zero-order valence-electron chi connectivity index (χ0n) is 13.5. The van der Waals surface area contributed by atoms with Crippen LogP contribution in [0, 0.1) is 5.92 Å². The van der Waals surface area contributed by atoms with Gasteiger partial charge in [0.05, 0.1) is 23.1 Å². The van der Waals surface area contributed by atoms with Crippen molar-refractivity contribution < 1.29 is 19.1 Å². The van der Waals surface area contributed by atoms with E-state index in [1.54, 1.807) is 30.3 Å². The molecule has 1 aromatic heterocycles. The summed E-state index contributed by atoms with van der Waals surface area (Å²) in [5, 5.41) is 6.40. The molecule has 25 heavy (non-hydrogen) atoms. The van der Waals surface area contributed by atoms with E-state index in [1.807, 2.05) is 0 Å². The van der Waals surface area contributed by atoms with Crippen molar-refractivity contribution in [1.29, 1.82) is 0 Å². The van der Waals surface area contributed by atoms with Crippen molar-refractivity contribution >= 4 is 33.8 Å². The average Bonchev–Trinajstić information content (AvgIpc) is 3.39. The highest BCUT2D eigenvalue weighted by Crippen LogP contribution is 2.33. The van der Waals surface area contributed by atoms with Crippen molar-refractivity contribution in [2.75, 3.05) is 23.8 Å². The maximum atomic E-state index is 12.4. The first kappa shape index (κ1) is 16.0. The second-order valence-electron chi connectivity index (χ2n) is 6.09. The Morgan fingerprint density at radius 3 is 2.60 bits per heavy atom. The van der Waals surface area contributed by atoms with Crippen LogP contribution in [-0.2, 0) is 4.79 Å². The molecule has 1 saturated carbocycles. The molecule has 7 heteroatoms. The molecular formula is C18H18N2O4S. The Labute approximate surface area is 149 Å². The number of hydrogen-bond donors (Lipinski definition) is 2. The van der Waals surface area contributed by atoms with Gasteiger partial charge in [-0.2, -0.15) is 0 Å². The maximum Gasteiger partial charge on any atom is 0.265 e. The zero-order valence-corrected chi connectivity index (χ0v) is 14.4. The highest BCUT2D eigenvalue weighted by Gasteiger charge is 2.29. The monoisotopic (exact) mass is 358 g/mol.